The summed E-state index contributed by atoms with van der Waals surface area (Å²) < 4.78 is 4.82. The summed E-state index contributed by atoms with van der Waals surface area (Å²) >= 11 is 0. The minimum absolute atomic E-state index is 0.0902. The Kier molecular flexibility index (Phi) is 6.01. The molecular formula is C13H23NO3. The zero-order chi connectivity index (χ0) is 12.7. The molecular weight excluding hydrogens is 218 g/mol. The second-order valence-electron chi connectivity index (χ2n) is 4.59. The Balaban J connectivity index is 2.37. The standard InChI is InChI=1S/C13H23NO3/c1-3-17-13(16)9-8-12(15)14-10-6-4-5-7-11(14)2/h11H,3-10H2,1-2H3. The van der Waals surface area contributed by atoms with Crippen LogP contribution in [-0.4, -0.2) is 36.0 Å². The minimum atomic E-state index is -0.275. The van der Waals surface area contributed by atoms with Crippen molar-refractivity contribution in [3.8, 4) is 0 Å². The highest BCUT2D eigenvalue weighted by Crippen LogP contribution is 2.17. The summed E-state index contributed by atoms with van der Waals surface area (Å²) in [5.74, 6) is -0.184. The first kappa shape index (κ1) is 14.0. The second-order valence-corrected chi connectivity index (χ2v) is 4.59. The maximum Gasteiger partial charge on any atom is 0.306 e. The number of carbonyl (C=O) groups excluding carboxylic acids is 2. The first-order valence-corrected chi connectivity index (χ1v) is 6.60. The molecule has 0 N–H and O–H groups in total. The van der Waals surface area contributed by atoms with Gasteiger partial charge in [-0.2, -0.15) is 0 Å². The van der Waals surface area contributed by atoms with Crippen molar-refractivity contribution in [3.05, 3.63) is 0 Å². The molecule has 1 atom stereocenters. The van der Waals surface area contributed by atoms with Crippen LogP contribution < -0.4 is 0 Å². The topological polar surface area (TPSA) is 46.6 Å². The average Bonchev–Trinajstić information content (AvgIpc) is 2.51. The minimum Gasteiger partial charge on any atom is -0.466 e. The lowest BCUT2D eigenvalue weighted by atomic mass is 10.1. The van der Waals surface area contributed by atoms with E-state index in [2.05, 4.69) is 6.92 Å². The van der Waals surface area contributed by atoms with Gasteiger partial charge in [0.15, 0.2) is 0 Å². The molecule has 1 rings (SSSR count). The summed E-state index contributed by atoms with van der Waals surface area (Å²) in [5, 5.41) is 0. The summed E-state index contributed by atoms with van der Waals surface area (Å²) in [6.07, 6.45) is 5.04. The average molecular weight is 241 g/mol. The summed E-state index contributed by atoms with van der Waals surface area (Å²) in [5.41, 5.74) is 0. The van der Waals surface area contributed by atoms with Crippen LogP contribution in [0.1, 0.15) is 52.4 Å². The Morgan fingerprint density at radius 3 is 2.71 bits per heavy atom. The third-order valence-corrected chi connectivity index (χ3v) is 3.22. The predicted octanol–water partition coefficient (Wildman–Crippen LogP) is 2.12. The predicted molar refractivity (Wildman–Crippen MR) is 65.5 cm³/mol. The zero-order valence-electron chi connectivity index (χ0n) is 10.9. The van der Waals surface area contributed by atoms with Gasteiger partial charge in [-0.05, 0) is 26.7 Å². The van der Waals surface area contributed by atoms with Gasteiger partial charge in [0.25, 0.3) is 0 Å². The Hall–Kier alpha value is -1.06. The van der Waals surface area contributed by atoms with E-state index in [1.54, 1.807) is 6.92 Å². The fourth-order valence-electron chi connectivity index (χ4n) is 2.23. The van der Waals surface area contributed by atoms with Crippen LogP contribution in [0.25, 0.3) is 0 Å². The summed E-state index contributed by atoms with van der Waals surface area (Å²) in [6, 6.07) is 0.312. The van der Waals surface area contributed by atoms with E-state index in [0.717, 1.165) is 19.4 Å². The van der Waals surface area contributed by atoms with Crippen molar-refractivity contribution in [2.24, 2.45) is 0 Å². The molecule has 1 amide bonds. The highest BCUT2D eigenvalue weighted by Gasteiger charge is 2.22. The van der Waals surface area contributed by atoms with Crippen LogP contribution in [0.4, 0.5) is 0 Å². The Morgan fingerprint density at radius 1 is 1.24 bits per heavy atom. The normalized spacial score (nSPS) is 20.8. The van der Waals surface area contributed by atoms with E-state index >= 15 is 0 Å². The van der Waals surface area contributed by atoms with Crippen LogP contribution in [0, 0.1) is 0 Å². The van der Waals surface area contributed by atoms with Crippen LogP contribution in [-0.2, 0) is 14.3 Å². The van der Waals surface area contributed by atoms with Gasteiger partial charge in [-0.25, -0.2) is 0 Å². The van der Waals surface area contributed by atoms with Crippen LogP contribution in [0.5, 0.6) is 0 Å². The summed E-state index contributed by atoms with van der Waals surface area (Å²) in [6.45, 7) is 5.08. The zero-order valence-corrected chi connectivity index (χ0v) is 10.9. The van der Waals surface area contributed by atoms with Crippen LogP contribution in [0.3, 0.4) is 0 Å². The number of rotatable bonds is 4. The largest absolute Gasteiger partial charge is 0.466 e. The maximum absolute atomic E-state index is 12.0. The molecule has 0 bridgehead atoms. The van der Waals surface area contributed by atoms with Crippen molar-refractivity contribution in [2.45, 2.75) is 58.4 Å². The number of likely N-dealkylation sites (tertiary alicyclic amines) is 1. The molecule has 0 saturated carbocycles. The molecule has 1 fully saturated rings. The van der Waals surface area contributed by atoms with Gasteiger partial charge in [-0.15, -0.1) is 0 Å². The van der Waals surface area contributed by atoms with Gasteiger partial charge in [0, 0.05) is 19.0 Å². The fourth-order valence-corrected chi connectivity index (χ4v) is 2.23. The third kappa shape index (κ3) is 4.75. The fraction of sp³-hybridized carbons (Fsp3) is 0.846. The van der Waals surface area contributed by atoms with E-state index in [9.17, 15) is 9.59 Å². The van der Waals surface area contributed by atoms with Gasteiger partial charge in [0.1, 0.15) is 0 Å². The Morgan fingerprint density at radius 2 is 2.00 bits per heavy atom. The molecule has 1 aliphatic heterocycles. The first-order chi connectivity index (χ1) is 8.15. The molecule has 1 unspecified atom stereocenters. The Labute approximate surface area is 103 Å². The molecule has 4 heteroatoms. The second kappa shape index (κ2) is 7.30. The van der Waals surface area contributed by atoms with E-state index in [1.807, 2.05) is 4.90 Å². The number of hydrogen-bond acceptors (Lipinski definition) is 3. The molecule has 0 aromatic carbocycles. The van der Waals surface area contributed by atoms with Gasteiger partial charge in [0.05, 0.1) is 13.0 Å². The molecule has 0 aromatic rings. The molecule has 0 aromatic heterocycles. The molecule has 0 aliphatic carbocycles. The van der Waals surface area contributed by atoms with E-state index in [-0.39, 0.29) is 24.7 Å². The van der Waals surface area contributed by atoms with Crippen LogP contribution in [0.15, 0.2) is 0 Å². The van der Waals surface area contributed by atoms with Crippen molar-refractivity contribution >= 4 is 11.9 Å². The van der Waals surface area contributed by atoms with Crippen molar-refractivity contribution < 1.29 is 14.3 Å². The number of nitrogens with zero attached hydrogens (tertiary/aromatic N) is 1. The van der Waals surface area contributed by atoms with Gasteiger partial charge >= 0.3 is 5.97 Å². The van der Waals surface area contributed by atoms with Crippen molar-refractivity contribution in [1.29, 1.82) is 0 Å². The highest BCUT2D eigenvalue weighted by molar-refractivity contribution is 5.81. The van der Waals surface area contributed by atoms with E-state index < -0.39 is 0 Å². The molecule has 17 heavy (non-hydrogen) atoms. The van der Waals surface area contributed by atoms with Gasteiger partial charge in [-0.3, -0.25) is 9.59 Å². The number of hydrogen-bond donors (Lipinski definition) is 0. The van der Waals surface area contributed by atoms with Crippen molar-refractivity contribution in [2.75, 3.05) is 13.2 Å². The molecule has 1 saturated heterocycles. The van der Waals surface area contributed by atoms with E-state index in [1.165, 1.54) is 12.8 Å². The first-order valence-electron chi connectivity index (χ1n) is 6.60. The monoisotopic (exact) mass is 241 g/mol. The third-order valence-electron chi connectivity index (χ3n) is 3.22. The quantitative estimate of drug-likeness (QED) is 0.708. The molecule has 4 nitrogen and oxygen atoms in total. The lowest BCUT2D eigenvalue weighted by molar-refractivity contribution is -0.146. The number of ether oxygens (including phenoxy) is 1. The number of amides is 1. The van der Waals surface area contributed by atoms with Crippen LogP contribution >= 0.6 is 0 Å². The van der Waals surface area contributed by atoms with E-state index in [0.29, 0.717) is 12.6 Å². The van der Waals surface area contributed by atoms with Crippen molar-refractivity contribution in [3.63, 3.8) is 0 Å². The number of esters is 1. The molecule has 0 radical (unpaired) electrons. The Bertz CT molecular complexity index is 265. The molecule has 1 heterocycles. The molecule has 98 valence electrons. The smallest absolute Gasteiger partial charge is 0.306 e. The lowest BCUT2D eigenvalue weighted by Crippen LogP contribution is -2.38. The maximum atomic E-state index is 12.0. The van der Waals surface area contributed by atoms with Crippen molar-refractivity contribution in [1.82, 2.24) is 4.90 Å². The molecule has 0 spiro atoms. The van der Waals surface area contributed by atoms with Crippen LogP contribution in [0.2, 0.25) is 0 Å². The van der Waals surface area contributed by atoms with Gasteiger partial charge < -0.3 is 9.64 Å². The van der Waals surface area contributed by atoms with E-state index in [4.69, 9.17) is 4.74 Å². The molecule has 1 aliphatic rings. The van der Waals surface area contributed by atoms with Gasteiger partial charge in [-0.1, -0.05) is 12.8 Å². The summed E-state index contributed by atoms with van der Waals surface area (Å²) in [4.78, 5) is 25.1. The summed E-state index contributed by atoms with van der Waals surface area (Å²) in [7, 11) is 0. The van der Waals surface area contributed by atoms with Gasteiger partial charge in [0.2, 0.25) is 5.91 Å². The lowest BCUT2D eigenvalue weighted by Gasteiger charge is -2.27. The number of carbonyl (C=O) groups is 2. The SMILES string of the molecule is CCOC(=O)CCC(=O)N1CCCCCC1C. The highest BCUT2D eigenvalue weighted by atomic mass is 16.5.